The lowest BCUT2D eigenvalue weighted by Gasteiger charge is -2.19. The summed E-state index contributed by atoms with van der Waals surface area (Å²) in [6.45, 7) is 5.47. The molecule has 170 valence electrons. The van der Waals surface area contributed by atoms with E-state index in [1.165, 1.54) is 13.2 Å². The number of halogens is 1. The van der Waals surface area contributed by atoms with Crippen molar-refractivity contribution in [1.29, 1.82) is 0 Å². The molecular formula is C21H33FN2O6. The highest BCUT2D eigenvalue weighted by atomic mass is 19.1. The Morgan fingerprint density at radius 2 is 1.83 bits per heavy atom. The van der Waals surface area contributed by atoms with Crippen LogP contribution >= 0.6 is 0 Å². The first-order valence-electron chi connectivity index (χ1n) is 9.71. The molecule has 3 N–H and O–H groups in total. The van der Waals surface area contributed by atoms with Crippen LogP contribution in [0.1, 0.15) is 56.8 Å². The molecule has 30 heavy (non-hydrogen) atoms. The first-order chi connectivity index (χ1) is 14.1. The van der Waals surface area contributed by atoms with Gasteiger partial charge >= 0.3 is 12.1 Å². The van der Waals surface area contributed by atoms with Gasteiger partial charge in [-0.1, -0.05) is 12.5 Å². The zero-order chi connectivity index (χ0) is 23.0. The van der Waals surface area contributed by atoms with E-state index < -0.39 is 24.3 Å². The van der Waals surface area contributed by atoms with Crippen molar-refractivity contribution >= 4 is 18.0 Å². The monoisotopic (exact) mass is 428 g/mol. The van der Waals surface area contributed by atoms with E-state index in [9.17, 15) is 18.8 Å². The summed E-state index contributed by atoms with van der Waals surface area (Å²) < 4.78 is 26.3. The molecule has 0 bridgehead atoms. The third kappa shape index (κ3) is 15.1. The third-order valence-electron chi connectivity index (χ3n) is 3.42. The number of carbonyl (C=O) groups is 3. The van der Waals surface area contributed by atoms with Crippen molar-refractivity contribution in [3.63, 3.8) is 0 Å². The van der Waals surface area contributed by atoms with Gasteiger partial charge in [0.25, 0.3) is 0 Å². The van der Waals surface area contributed by atoms with E-state index in [1.54, 1.807) is 18.2 Å². The number of amides is 2. The normalized spacial score (nSPS) is 10.3. The van der Waals surface area contributed by atoms with Gasteiger partial charge in [0, 0.05) is 18.5 Å². The zero-order valence-corrected chi connectivity index (χ0v) is 18.2. The summed E-state index contributed by atoms with van der Waals surface area (Å²) in [5.41, 5.74) is 4.94. The molecule has 1 rings (SSSR count). The third-order valence-corrected chi connectivity index (χ3v) is 3.42. The van der Waals surface area contributed by atoms with E-state index in [0.717, 1.165) is 19.3 Å². The number of unbranched alkanes of at least 4 members (excludes halogenated alkanes) is 2. The topological polar surface area (TPSA) is 117 Å². The van der Waals surface area contributed by atoms with Gasteiger partial charge in [0.2, 0.25) is 5.91 Å². The minimum atomic E-state index is -0.555. The maximum atomic E-state index is 11.7. The predicted octanol–water partition coefficient (Wildman–Crippen LogP) is 3.38. The number of ether oxygens (including phenoxy) is 3. The number of hydrogen-bond acceptors (Lipinski definition) is 6. The highest BCUT2D eigenvalue weighted by molar-refractivity contribution is 5.93. The number of rotatable bonds is 10. The molecule has 8 nitrogen and oxygen atoms in total. The van der Waals surface area contributed by atoms with E-state index in [1.807, 2.05) is 20.8 Å². The van der Waals surface area contributed by atoms with Crippen LogP contribution in [-0.4, -0.2) is 50.5 Å². The Kier molecular flexibility index (Phi) is 13.6. The Morgan fingerprint density at radius 3 is 2.40 bits per heavy atom. The molecule has 0 aliphatic rings. The van der Waals surface area contributed by atoms with Crippen LogP contribution in [0.3, 0.4) is 0 Å². The van der Waals surface area contributed by atoms with Gasteiger partial charge in [0.15, 0.2) is 0 Å². The Hall–Kier alpha value is -2.84. The fourth-order valence-corrected chi connectivity index (χ4v) is 2.07. The molecule has 0 saturated carbocycles. The number of benzene rings is 1. The molecule has 0 fully saturated rings. The molecule has 9 heteroatoms. The molecular weight excluding hydrogens is 395 g/mol. The lowest BCUT2D eigenvalue weighted by molar-refractivity contribution is -0.140. The molecule has 0 aliphatic carbocycles. The average Bonchev–Trinajstić information content (AvgIpc) is 2.68. The molecule has 0 aliphatic heterocycles. The minimum absolute atomic E-state index is 0.0117. The maximum Gasteiger partial charge on any atom is 0.407 e. The van der Waals surface area contributed by atoms with Gasteiger partial charge in [-0.15, -0.1) is 0 Å². The van der Waals surface area contributed by atoms with Crippen LogP contribution in [-0.2, 0) is 14.3 Å². The van der Waals surface area contributed by atoms with Crippen molar-refractivity contribution in [2.24, 2.45) is 5.73 Å². The van der Waals surface area contributed by atoms with Gasteiger partial charge in [0.05, 0.1) is 7.11 Å². The number of nitrogens with one attached hydrogen (secondary N) is 1. The van der Waals surface area contributed by atoms with Gasteiger partial charge in [-0.3, -0.25) is 9.59 Å². The number of methoxy groups -OCH3 is 1. The number of alkyl carbamates (subject to hydrolysis) is 1. The van der Waals surface area contributed by atoms with Crippen LogP contribution in [0.25, 0.3) is 0 Å². The van der Waals surface area contributed by atoms with Gasteiger partial charge in [-0.2, -0.15) is 0 Å². The second-order valence-corrected chi connectivity index (χ2v) is 7.24. The molecule has 0 aromatic heterocycles. The Bertz CT molecular complexity index is 661. The molecule has 0 saturated heterocycles. The fraction of sp³-hybridized carbons (Fsp3) is 0.571. The van der Waals surface area contributed by atoms with Crippen molar-refractivity contribution in [2.75, 3.05) is 26.9 Å². The highest BCUT2D eigenvalue weighted by Crippen LogP contribution is 2.12. The van der Waals surface area contributed by atoms with Crippen LogP contribution < -0.4 is 15.8 Å². The number of carbonyl (C=O) groups excluding carboxylic acids is 3. The number of nitrogens with two attached hydrogens (primary N) is 1. The number of esters is 1. The van der Waals surface area contributed by atoms with Crippen LogP contribution in [0, 0.1) is 0 Å². The van der Waals surface area contributed by atoms with E-state index in [2.05, 4.69) is 10.1 Å². The first-order valence-corrected chi connectivity index (χ1v) is 9.71. The summed E-state index contributed by atoms with van der Waals surface area (Å²) >= 11 is 0. The molecule has 0 spiro atoms. The van der Waals surface area contributed by atoms with Crippen LogP contribution in [0.4, 0.5) is 9.18 Å². The van der Waals surface area contributed by atoms with Crippen molar-refractivity contribution in [1.82, 2.24) is 5.32 Å². The van der Waals surface area contributed by atoms with Gasteiger partial charge in [-0.05, 0) is 51.8 Å². The van der Waals surface area contributed by atoms with Gasteiger partial charge in [-0.25, -0.2) is 9.18 Å². The second kappa shape index (κ2) is 15.1. The summed E-state index contributed by atoms with van der Waals surface area (Å²) in [6, 6.07) is 6.33. The summed E-state index contributed by atoms with van der Waals surface area (Å²) in [6.07, 6.45) is 2.53. The summed E-state index contributed by atoms with van der Waals surface area (Å²) in [4.78, 5) is 32.8. The fourth-order valence-electron chi connectivity index (χ4n) is 2.07. The number of primary amides is 1. The second-order valence-electron chi connectivity index (χ2n) is 7.24. The van der Waals surface area contributed by atoms with Crippen molar-refractivity contribution in [3.8, 4) is 5.75 Å². The van der Waals surface area contributed by atoms with E-state index >= 15 is 0 Å². The summed E-state index contributed by atoms with van der Waals surface area (Å²) in [7, 11) is 1.38. The molecule has 1 aromatic carbocycles. The smallest absolute Gasteiger partial charge is 0.407 e. The maximum absolute atomic E-state index is 11.7. The summed E-state index contributed by atoms with van der Waals surface area (Å²) in [5.74, 6) is -0.259. The molecule has 2 amide bonds. The average molecular weight is 429 g/mol. The highest BCUT2D eigenvalue weighted by Gasteiger charge is 2.15. The molecule has 0 radical (unpaired) electrons. The lowest BCUT2D eigenvalue weighted by atomic mass is 10.2. The zero-order valence-electron chi connectivity index (χ0n) is 18.2. The quantitative estimate of drug-likeness (QED) is 0.436. The molecule has 0 unspecified atom stereocenters. The standard InChI is InChI=1S/C12H23NO4.C9H10FNO2/c1-12(2,3)17-11(15)13-9-7-5-6-8-10(14)16-4;10-4-5-13-8-3-1-2-7(6-8)9(11)12/h5-9H2,1-4H3,(H,13,15);1-3,6H,4-5H2,(H2,11,12). The summed E-state index contributed by atoms with van der Waals surface area (Å²) in [5, 5.41) is 2.66. The van der Waals surface area contributed by atoms with Crippen LogP contribution in [0.2, 0.25) is 0 Å². The lowest BCUT2D eigenvalue weighted by Crippen LogP contribution is -2.32. The molecule has 0 heterocycles. The molecule has 1 aromatic rings. The Balaban J connectivity index is 0.000000579. The minimum Gasteiger partial charge on any atom is -0.491 e. The SMILES string of the molecule is COC(=O)CCCCCNC(=O)OC(C)(C)C.NC(=O)c1cccc(OCCF)c1. The van der Waals surface area contributed by atoms with E-state index in [0.29, 0.717) is 24.3 Å². The Morgan fingerprint density at radius 1 is 1.13 bits per heavy atom. The van der Waals surface area contributed by atoms with E-state index in [-0.39, 0.29) is 12.6 Å². The van der Waals surface area contributed by atoms with Crippen molar-refractivity contribution in [3.05, 3.63) is 29.8 Å². The number of hydrogen-bond donors (Lipinski definition) is 2. The van der Waals surface area contributed by atoms with E-state index in [4.69, 9.17) is 15.2 Å². The molecule has 0 atom stereocenters. The van der Waals surface area contributed by atoms with Gasteiger partial charge < -0.3 is 25.3 Å². The predicted molar refractivity (Wildman–Crippen MR) is 111 cm³/mol. The van der Waals surface area contributed by atoms with Crippen molar-refractivity contribution in [2.45, 2.75) is 52.1 Å². The van der Waals surface area contributed by atoms with Gasteiger partial charge in [0.1, 0.15) is 24.6 Å². The van der Waals surface area contributed by atoms with Crippen LogP contribution in [0.15, 0.2) is 24.3 Å². The number of alkyl halides is 1. The Labute approximate surface area is 177 Å². The first kappa shape index (κ1) is 27.2. The van der Waals surface area contributed by atoms with Crippen LogP contribution in [0.5, 0.6) is 5.75 Å². The largest absolute Gasteiger partial charge is 0.491 e. The van der Waals surface area contributed by atoms with Crippen molar-refractivity contribution < 1.29 is 33.0 Å².